The van der Waals surface area contributed by atoms with E-state index in [1.165, 1.54) is 37.6 Å². The van der Waals surface area contributed by atoms with Crippen LogP contribution in [0, 0.1) is 18.3 Å². The van der Waals surface area contributed by atoms with Gasteiger partial charge in [0.1, 0.15) is 11.0 Å². The van der Waals surface area contributed by atoms with E-state index in [0.29, 0.717) is 5.56 Å². The molecule has 1 heterocycles. The SMILES string of the molecule is COc1cc(/C(C#N)=N\OS(=O)(=O)c2ccc(C)cc2)ccn1. The van der Waals surface area contributed by atoms with E-state index in [2.05, 4.69) is 14.4 Å². The van der Waals surface area contributed by atoms with Gasteiger partial charge in [0.05, 0.1) is 7.11 Å². The standard InChI is InChI=1S/C15H13N3O4S/c1-11-3-5-13(6-4-11)23(19,20)22-18-14(10-16)12-7-8-17-15(9-12)21-2/h3-9H,1-2H3/b18-14-. The summed E-state index contributed by atoms with van der Waals surface area (Å²) < 4.78 is 33.6. The Balaban J connectivity index is 2.28. The van der Waals surface area contributed by atoms with Crippen molar-refractivity contribution >= 4 is 15.8 Å². The van der Waals surface area contributed by atoms with E-state index in [-0.39, 0.29) is 16.5 Å². The van der Waals surface area contributed by atoms with E-state index in [1.807, 2.05) is 6.92 Å². The van der Waals surface area contributed by atoms with Gasteiger partial charge in [-0.3, -0.25) is 4.28 Å². The van der Waals surface area contributed by atoms with Crippen molar-refractivity contribution in [2.45, 2.75) is 11.8 Å². The molecule has 0 aliphatic carbocycles. The van der Waals surface area contributed by atoms with E-state index in [4.69, 9.17) is 10.00 Å². The van der Waals surface area contributed by atoms with Gasteiger partial charge in [0.15, 0.2) is 5.71 Å². The third kappa shape index (κ3) is 4.05. The first-order chi connectivity index (χ1) is 11.0. The Morgan fingerprint density at radius 2 is 1.96 bits per heavy atom. The molecule has 0 aliphatic rings. The molecule has 1 aromatic carbocycles. The van der Waals surface area contributed by atoms with Crippen molar-refractivity contribution in [1.82, 2.24) is 4.98 Å². The van der Waals surface area contributed by atoms with Crippen LogP contribution in [0.25, 0.3) is 0 Å². The Labute approximate surface area is 133 Å². The maximum absolute atomic E-state index is 12.0. The van der Waals surface area contributed by atoms with Crippen molar-refractivity contribution in [2.24, 2.45) is 5.16 Å². The van der Waals surface area contributed by atoms with Crippen molar-refractivity contribution in [2.75, 3.05) is 7.11 Å². The molecular formula is C15H13N3O4S. The molecule has 0 atom stereocenters. The predicted molar refractivity (Wildman–Crippen MR) is 82.4 cm³/mol. The molecule has 23 heavy (non-hydrogen) atoms. The summed E-state index contributed by atoms with van der Waals surface area (Å²) in [6, 6.07) is 10.8. The smallest absolute Gasteiger partial charge is 0.358 e. The second kappa shape index (κ2) is 6.89. The summed E-state index contributed by atoms with van der Waals surface area (Å²) in [4.78, 5) is 3.85. The van der Waals surface area contributed by atoms with Gasteiger partial charge in [-0.2, -0.15) is 13.7 Å². The fourth-order valence-corrected chi connectivity index (χ4v) is 2.37. The molecule has 1 aromatic heterocycles. The molecule has 0 spiro atoms. The maximum Gasteiger partial charge on any atom is 0.358 e. The zero-order chi connectivity index (χ0) is 16.9. The second-order valence-corrected chi connectivity index (χ2v) is 6.01. The van der Waals surface area contributed by atoms with Gasteiger partial charge in [-0.15, -0.1) is 0 Å². The first-order valence-electron chi connectivity index (χ1n) is 6.45. The number of aryl methyl sites for hydroxylation is 1. The first kappa shape index (κ1) is 16.5. The van der Waals surface area contributed by atoms with Crippen molar-refractivity contribution in [3.8, 4) is 11.9 Å². The number of nitrogens with zero attached hydrogens (tertiary/aromatic N) is 3. The van der Waals surface area contributed by atoms with E-state index >= 15 is 0 Å². The minimum atomic E-state index is -4.09. The van der Waals surface area contributed by atoms with Gasteiger partial charge in [0.25, 0.3) is 0 Å². The maximum atomic E-state index is 12.0. The Kier molecular flexibility index (Phi) is 4.93. The van der Waals surface area contributed by atoms with E-state index in [1.54, 1.807) is 18.2 Å². The molecule has 0 unspecified atom stereocenters. The fourth-order valence-electron chi connectivity index (χ4n) is 1.64. The molecule has 0 saturated carbocycles. The minimum Gasteiger partial charge on any atom is -0.481 e. The number of nitriles is 1. The van der Waals surface area contributed by atoms with Gasteiger partial charge in [0.2, 0.25) is 5.88 Å². The summed E-state index contributed by atoms with van der Waals surface area (Å²) in [5, 5.41) is 12.6. The van der Waals surface area contributed by atoms with Crippen LogP contribution in [0.1, 0.15) is 11.1 Å². The molecule has 8 heteroatoms. The average molecular weight is 331 g/mol. The number of methoxy groups -OCH3 is 1. The number of oxime groups is 1. The van der Waals surface area contributed by atoms with Crippen molar-refractivity contribution < 1.29 is 17.4 Å². The highest BCUT2D eigenvalue weighted by Crippen LogP contribution is 2.15. The molecule has 2 aromatic rings. The van der Waals surface area contributed by atoms with E-state index in [0.717, 1.165) is 5.56 Å². The van der Waals surface area contributed by atoms with Crippen molar-refractivity contribution in [1.29, 1.82) is 5.26 Å². The average Bonchev–Trinajstić information content (AvgIpc) is 2.56. The number of aromatic nitrogens is 1. The molecule has 0 fully saturated rings. The van der Waals surface area contributed by atoms with Gasteiger partial charge in [0, 0.05) is 17.8 Å². The van der Waals surface area contributed by atoms with Crippen LogP contribution in [-0.4, -0.2) is 26.2 Å². The topological polar surface area (TPSA) is 102 Å². The molecule has 0 bridgehead atoms. The zero-order valence-electron chi connectivity index (χ0n) is 12.4. The van der Waals surface area contributed by atoms with Crippen LogP contribution in [0.15, 0.2) is 52.6 Å². The van der Waals surface area contributed by atoms with Gasteiger partial charge in [-0.25, -0.2) is 4.98 Å². The first-order valence-corrected chi connectivity index (χ1v) is 7.86. The monoisotopic (exact) mass is 331 g/mol. The van der Waals surface area contributed by atoms with Gasteiger partial charge in [-0.1, -0.05) is 22.9 Å². The van der Waals surface area contributed by atoms with Crippen LogP contribution in [0.3, 0.4) is 0 Å². The quantitative estimate of drug-likeness (QED) is 0.613. The largest absolute Gasteiger partial charge is 0.481 e. The van der Waals surface area contributed by atoms with Gasteiger partial charge in [-0.05, 0) is 25.1 Å². The number of hydrogen-bond donors (Lipinski definition) is 0. The number of rotatable bonds is 5. The lowest BCUT2D eigenvalue weighted by Crippen LogP contribution is -2.06. The van der Waals surface area contributed by atoms with Crippen molar-refractivity contribution in [3.63, 3.8) is 0 Å². The third-order valence-corrected chi connectivity index (χ3v) is 3.98. The number of ether oxygens (including phenoxy) is 1. The van der Waals surface area contributed by atoms with Crippen LogP contribution in [-0.2, 0) is 14.4 Å². The van der Waals surface area contributed by atoms with Crippen LogP contribution in [0.4, 0.5) is 0 Å². The lowest BCUT2D eigenvalue weighted by molar-refractivity contribution is 0.339. The van der Waals surface area contributed by atoms with Gasteiger partial charge >= 0.3 is 10.1 Å². The predicted octanol–water partition coefficient (Wildman–Crippen LogP) is 2.03. The lowest BCUT2D eigenvalue weighted by atomic mass is 10.2. The van der Waals surface area contributed by atoms with Crippen LogP contribution < -0.4 is 4.74 Å². The number of hydrogen-bond acceptors (Lipinski definition) is 7. The van der Waals surface area contributed by atoms with Crippen molar-refractivity contribution in [3.05, 3.63) is 53.7 Å². The van der Waals surface area contributed by atoms with E-state index in [9.17, 15) is 8.42 Å². The van der Waals surface area contributed by atoms with Gasteiger partial charge < -0.3 is 4.74 Å². The number of pyridine rings is 1. The summed E-state index contributed by atoms with van der Waals surface area (Å²) in [6.45, 7) is 1.83. The third-order valence-electron chi connectivity index (χ3n) is 2.86. The Morgan fingerprint density at radius 1 is 1.26 bits per heavy atom. The normalized spacial score (nSPS) is 11.6. The molecule has 7 nitrogen and oxygen atoms in total. The fraction of sp³-hybridized carbons (Fsp3) is 0.133. The Bertz CT molecular complexity index is 868. The van der Waals surface area contributed by atoms with E-state index < -0.39 is 10.1 Å². The summed E-state index contributed by atoms with van der Waals surface area (Å²) in [6.07, 6.45) is 1.41. The zero-order valence-corrected chi connectivity index (χ0v) is 13.2. The summed E-state index contributed by atoms with van der Waals surface area (Å²) in [7, 11) is -2.67. The van der Waals surface area contributed by atoms with Crippen LogP contribution in [0.5, 0.6) is 5.88 Å². The highest BCUT2D eigenvalue weighted by atomic mass is 32.2. The molecule has 0 aliphatic heterocycles. The molecule has 0 saturated heterocycles. The molecule has 0 N–H and O–H groups in total. The molecular weight excluding hydrogens is 318 g/mol. The molecule has 0 amide bonds. The molecule has 2 rings (SSSR count). The Hall–Kier alpha value is -2.92. The second-order valence-electron chi connectivity index (χ2n) is 4.48. The number of benzene rings is 1. The summed E-state index contributed by atoms with van der Waals surface area (Å²) in [5.41, 5.74) is 1.04. The van der Waals surface area contributed by atoms with Crippen LogP contribution in [0.2, 0.25) is 0 Å². The highest BCUT2D eigenvalue weighted by Gasteiger charge is 2.16. The molecule has 0 radical (unpaired) electrons. The van der Waals surface area contributed by atoms with Crippen LogP contribution >= 0.6 is 0 Å². The Morgan fingerprint density at radius 3 is 2.57 bits per heavy atom. The minimum absolute atomic E-state index is 0.0450. The molecule has 118 valence electrons. The summed E-state index contributed by atoms with van der Waals surface area (Å²) >= 11 is 0. The lowest BCUT2D eigenvalue weighted by Gasteiger charge is -2.03. The summed E-state index contributed by atoms with van der Waals surface area (Å²) in [5.74, 6) is 0.270. The highest BCUT2D eigenvalue weighted by molar-refractivity contribution is 7.86.